The minimum atomic E-state index is 0.268. The summed E-state index contributed by atoms with van der Waals surface area (Å²) in [4.78, 5) is 10.8. The highest BCUT2D eigenvalue weighted by molar-refractivity contribution is 4.96. The molecule has 0 aromatic carbocycles. The predicted molar refractivity (Wildman–Crippen MR) is 61.8 cm³/mol. The lowest BCUT2D eigenvalue weighted by molar-refractivity contribution is 0.108. The normalized spacial score (nSPS) is 16.4. The lowest BCUT2D eigenvalue weighted by atomic mass is 9.91. The van der Waals surface area contributed by atoms with Crippen molar-refractivity contribution in [2.45, 2.75) is 38.3 Å². The van der Waals surface area contributed by atoms with Gasteiger partial charge >= 0.3 is 0 Å². The summed E-state index contributed by atoms with van der Waals surface area (Å²) in [5.74, 6) is 0. The Kier molecular flexibility index (Phi) is 4.25. The van der Waals surface area contributed by atoms with Gasteiger partial charge < -0.3 is 5.11 Å². The summed E-state index contributed by atoms with van der Waals surface area (Å²) in [7, 11) is 0. The number of nitrogens with zero attached hydrogens (tertiary/aromatic N) is 3. The molecule has 0 atom stereocenters. The van der Waals surface area contributed by atoms with Crippen LogP contribution in [0.4, 0.5) is 0 Å². The van der Waals surface area contributed by atoms with E-state index in [9.17, 15) is 0 Å². The van der Waals surface area contributed by atoms with E-state index in [-0.39, 0.29) is 6.61 Å². The minimum Gasteiger partial charge on any atom is -0.396 e. The summed E-state index contributed by atoms with van der Waals surface area (Å²) < 4.78 is 0. The molecule has 1 aromatic rings. The molecule has 1 aliphatic rings. The second kappa shape index (κ2) is 5.92. The zero-order valence-electron chi connectivity index (χ0n) is 9.55. The van der Waals surface area contributed by atoms with E-state index < -0.39 is 0 Å². The molecule has 1 N–H and O–H groups in total. The van der Waals surface area contributed by atoms with E-state index in [1.807, 2.05) is 6.20 Å². The number of hydrogen-bond acceptors (Lipinski definition) is 4. The van der Waals surface area contributed by atoms with Crippen molar-refractivity contribution in [2.24, 2.45) is 0 Å². The maximum Gasteiger partial charge on any atom is 0.0726 e. The van der Waals surface area contributed by atoms with Crippen molar-refractivity contribution in [2.75, 3.05) is 13.2 Å². The Morgan fingerprint density at radius 2 is 2.25 bits per heavy atom. The van der Waals surface area contributed by atoms with Gasteiger partial charge in [0.1, 0.15) is 0 Å². The molecule has 0 radical (unpaired) electrons. The molecule has 4 nitrogen and oxygen atoms in total. The lowest BCUT2D eigenvalue weighted by Gasteiger charge is -2.37. The van der Waals surface area contributed by atoms with Gasteiger partial charge in [0, 0.05) is 44.3 Å². The number of aliphatic hydroxyl groups is 1. The van der Waals surface area contributed by atoms with Crippen LogP contribution in [0.5, 0.6) is 0 Å². The maximum atomic E-state index is 8.90. The molecule has 1 aliphatic carbocycles. The first-order chi connectivity index (χ1) is 7.90. The van der Waals surface area contributed by atoms with Gasteiger partial charge in [-0.05, 0) is 19.3 Å². The van der Waals surface area contributed by atoms with E-state index in [1.54, 1.807) is 12.4 Å². The van der Waals surface area contributed by atoms with Crippen LogP contribution in [-0.4, -0.2) is 39.2 Å². The van der Waals surface area contributed by atoms with Crippen LogP contribution in [0.25, 0.3) is 0 Å². The SMILES string of the molecule is OCCCN(Cc1cnccn1)C1CCC1. The molecule has 88 valence electrons. The molecule has 1 saturated carbocycles. The quantitative estimate of drug-likeness (QED) is 0.784. The maximum absolute atomic E-state index is 8.90. The number of aliphatic hydroxyl groups excluding tert-OH is 1. The van der Waals surface area contributed by atoms with Crippen LogP contribution in [0, 0.1) is 0 Å². The van der Waals surface area contributed by atoms with E-state index in [4.69, 9.17) is 5.11 Å². The largest absolute Gasteiger partial charge is 0.396 e. The number of aromatic nitrogens is 2. The van der Waals surface area contributed by atoms with Crippen LogP contribution in [-0.2, 0) is 6.54 Å². The zero-order chi connectivity index (χ0) is 11.2. The average Bonchev–Trinajstić information content (AvgIpc) is 2.25. The average molecular weight is 221 g/mol. The van der Waals surface area contributed by atoms with Crippen molar-refractivity contribution in [1.29, 1.82) is 0 Å². The molecular weight excluding hydrogens is 202 g/mol. The lowest BCUT2D eigenvalue weighted by Crippen LogP contribution is -2.40. The highest BCUT2D eigenvalue weighted by atomic mass is 16.3. The van der Waals surface area contributed by atoms with Crippen molar-refractivity contribution in [3.8, 4) is 0 Å². The summed E-state index contributed by atoms with van der Waals surface area (Å²) in [6.07, 6.45) is 10.0. The molecule has 1 aromatic heterocycles. The van der Waals surface area contributed by atoms with Crippen molar-refractivity contribution in [1.82, 2.24) is 14.9 Å². The van der Waals surface area contributed by atoms with E-state index >= 15 is 0 Å². The van der Waals surface area contributed by atoms with E-state index in [2.05, 4.69) is 14.9 Å². The fourth-order valence-electron chi connectivity index (χ4n) is 2.04. The van der Waals surface area contributed by atoms with Crippen molar-refractivity contribution >= 4 is 0 Å². The Balaban J connectivity index is 1.90. The van der Waals surface area contributed by atoms with Gasteiger partial charge in [-0.1, -0.05) is 6.42 Å². The molecular formula is C12H19N3O. The first kappa shape index (κ1) is 11.5. The molecule has 0 spiro atoms. The molecule has 0 amide bonds. The third-order valence-corrected chi connectivity index (χ3v) is 3.18. The third kappa shape index (κ3) is 3.00. The van der Waals surface area contributed by atoms with E-state index in [0.717, 1.165) is 25.2 Å². The standard InChI is InChI=1S/C12H19N3O/c16-8-2-7-15(12-3-1-4-12)10-11-9-13-5-6-14-11/h5-6,9,12,16H,1-4,7-8,10H2. The zero-order valence-corrected chi connectivity index (χ0v) is 9.55. The van der Waals surface area contributed by atoms with Crippen molar-refractivity contribution in [3.05, 3.63) is 24.3 Å². The Bertz CT molecular complexity index is 300. The Labute approximate surface area is 96.3 Å². The Hall–Kier alpha value is -1.00. The molecule has 2 rings (SSSR count). The summed E-state index contributed by atoms with van der Waals surface area (Å²) in [6.45, 7) is 2.08. The van der Waals surface area contributed by atoms with E-state index in [1.165, 1.54) is 19.3 Å². The van der Waals surface area contributed by atoms with Gasteiger partial charge in [0.2, 0.25) is 0 Å². The Morgan fingerprint density at radius 1 is 1.38 bits per heavy atom. The van der Waals surface area contributed by atoms with Crippen LogP contribution in [0.2, 0.25) is 0 Å². The van der Waals surface area contributed by atoms with Gasteiger partial charge in [0.25, 0.3) is 0 Å². The van der Waals surface area contributed by atoms with Crippen molar-refractivity contribution < 1.29 is 5.11 Å². The van der Waals surface area contributed by atoms with Gasteiger partial charge in [0.15, 0.2) is 0 Å². The second-order valence-corrected chi connectivity index (χ2v) is 4.33. The minimum absolute atomic E-state index is 0.268. The highest BCUT2D eigenvalue weighted by Crippen LogP contribution is 2.25. The smallest absolute Gasteiger partial charge is 0.0726 e. The van der Waals surface area contributed by atoms with Crippen LogP contribution < -0.4 is 0 Å². The van der Waals surface area contributed by atoms with Crippen molar-refractivity contribution in [3.63, 3.8) is 0 Å². The van der Waals surface area contributed by atoms with Crippen LogP contribution in [0.3, 0.4) is 0 Å². The van der Waals surface area contributed by atoms with Gasteiger partial charge in [-0.25, -0.2) is 0 Å². The molecule has 0 aliphatic heterocycles. The Morgan fingerprint density at radius 3 is 2.81 bits per heavy atom. The summed E-state index contributed by atoms with van der Waals surface area (Å²) in [5, 5.41) is 8.90. The summed E-state index contributed by atoms with van der Waals surface area (Å²) in [6, 6.07) is 0.688. The highest BCUT2D eigenvalue weighted by Gasteiger charge is 2.24. The van der Waals surface area contributed by atoms with E-state index in [0.29, 0.717) is 6.04 Å². The fraction of sp³-hybridized carbons (Fsp3) is 0.667. The molecule has 0 bridgehead atoms. The molecule has 0 unspecified atom stereocenters. The number of rotatable bonds is 6. The molecule has 16 heavy (non-hydrogen) atoms. The molecule has 4 heteroatoms. The molecule has 1 heterocycles. The molecule has 1 fully saturated rings. The third-order valence-electron chi connectivity index (χ3n) is 3.18. The second-order valence-electron chi connectivity index (χ2n) is 4.33. The molecule has 0 saturated heterocycles. The van der Waals surface area contributed by atoms with Crippen LogP contribution >= 0.6 is 0 Å². The topological polar surface area (TPSA) is 49.2 Å². The number of hydrogen-bond donors (Lipinski definition) is 1. The van der Waals surface area contributed by atoms with Gasteiger partial charge in [0.05, 0.1) is 5.69 Å². The summed E-state index contributed by atoms with van der Waals surface area (Å²) >= 11 is 0. The van der Waals surface area contributed by atoms with Gasteiger partial charge in [-0.3, -0.25) is 14.9 Å². The van der Waals surface area contributed by atoms with Crippen LogP contribution in [0.15, 0.2) is 18.6 Å². The first-order valence-corrected chi connectivity index (χ1v) is 6.00. The monoisotopic (exact) mass is 221 g/mol. The first-order valence-electron chi connectivity index (χ1n) is 6.00. The van der Waals surface area contributed by atoms with Crippen LogP contribution in [0.1, 0.15) is 31.4 Å². The summed E-state index contributed by atoms with van der Waals surface area (Å²) in [5.41, 5.74) is 1.02. The van der Waals surface area contributed by atoms with Gasteiger partial charge in [-0.15, -0.1) is 0 Å². The fourth-order valence-corrected chi connectivity index (χ4v) is 2.04. The predicted octanol–water partition coefficient (Wildman–Crippen LogP) is 1.21. The van der Waals surface area contributed by atoms with Gasteiger partial charge in [-0.2, -0.15) is 0 Å².